The van der Waals surface area contributed by atoms with Crippen molar-refractivity contribution in [3.63, 3.8) is 0 Å². The normalized spacial score (nSPS) is 20.7. The third-order valence-electron chi connectivity index (χ3n) is 3.97. The number of benzene rings is 1. The van der Waals surface area contributed by atoms with Crippen LogP contribution in [0.2, 0.25) is 0 Å². The molecule has 0 bridgehead atoms. The number of piperidine rings is 1. The van der Waals surface area contributed by atoms with Gasteiger partial charge in [0.25, 0.3) is 0 Å². The molecule has 0 spiro atoms. The fourth-order valence-corrected chi connectivity index (χ4v) is 2.80. The molecule has 3 N–H and O–H groups in total. The Bertz CT molecular complexity index is 490. The Balaban J connectivity index is 1.90. The number of amides is 2. The summed E-state index contributed by atoms with van der Waals surface area (Å²) in [5.74, 6) is -0.405. The number of hydrogen-bond donors (Lipinski definition) is 2. The van der Waals surface area contributed by atoms with Crippen LogP contribution in [0.25, 0.3) is 0 Å². The predicted octanol–water partition coefficient (Wildman–Crippen LogP) is 1.20. The molecule has 2 amide bonds. The van der Waals surface area contributed by atoms with Gasteiger partial charge >= 0.3 is 0 Å². The highest BCUT2D eigenvalue weighted by atomic mass is 16.2. The minimum Gasteiger partial charge on any atom is -0.368 e. The first-order chi connectivity index (χ1) is 10.1. The Hall–Kier alpha value is -1.88. The van der Waals surface area contributed by atoms with E-state index >= 15 is 0 Å². The topological polar surface area (TPSA) is 75.4 Å². The number of nitrogens with one attached hydrogen (secondary N) is 1. The van der Waals surface area contributed by atoms with Crippen LogP contribution in [-0.2, 0) is 9.59 Å². The quantitative estimate of drug-likeness (QED) is 0.855. The van der Waals surface area contributed by atoms with Crippen molar-refractivity contribution in [2.45, 2.75) is 38.3 Å². The molecule has 1 aromatic rings. The van der Waals surface area contributed by atoms with Crippen molar-refractivity contribution in [1.29, 1.82) is 0 Å². The SMILES string of the molecule is CC(NC(=O)CN1CCCCC1C(N)=O)c1ccccc1. The molecular weight excluding hydrogens is 266 g/mol. The second kappa shape index (κ2) is 7.22. The van der Waals surface area contributed by atoms with Gasteiger partial charge in [-0.2, -0.15) is 0 Å². The van der Waals surface area contributed by atoms with Crippen molar-refractivity contribution < 1.29 is 9.59 Å². The van der Waals surface area contributed by atoms with E-state index in [1.165, 1.54) is 0 Å². The van der Waals surface area contributed by atoms with Gasteiger partial charge in [-0.05, 0) is 31.9 Å². The Kier molecular flexibility index (Phi) is 5.33. The lowest BCUT2D eigenvalue weighted by molar-refractivity contribution is -0.128. The lowest BCUT2D eigenvalue weighted by Gasteiger charge is -2.33. The average molecular weight is 289 g/mol. The molecule has 2 atom stereocenters. The van der Waals surface area contributed by atoms with Crippen LogP contribution in [-0.4, -0.2) is 35.8 Å². The second-order valence-corrected chi connectivity index (χ2v) is 5.58. The van der Waals surface area contributed by atoms with Crippen molar-refractivity contribution in [2.75, 3.05) is 13.1 Å². The van der Waals surface area contributed by atoms with Crippen LogP contribution in [0.3, 0.4) is 0 Å². The van der Waals surface area contributed by atoms with Crippen LogP contribution in [0.15, 0.2) is 30.3 Å². The van der Waals surface area contributed by atoms with E-state index in [4.69, 9.17) is 5.73 Å². The summed E-state index contributed by atoms with van der Waals surface area (Å²) in [7, 11) is 0. The molecule has 2 unspecified atom stereocenters. The van der Waals surface area contributed by atoms with Crippen molar-refractivity contribution in [3.05, 3.63) is 35.9 Å². The average Bonchev–Trinajstić information content (AvgIpc) is 2.48. The summed E-state index contributed by atoms with van der Waals surface area (Å²) in [5, 5.41) is 2.97. The van der Waals surface area contributed by atoms with Gasteiger partial charge < -0.3 is 11.1 Å². The minimum atomic E-state index is -0.335. The van der Waals surface area contributed by atoms with Gasteiger partial charge in [-0.15, -0.1) is 0 Å². The van der Waals surface area contributed by atoms with Crippen LogP contribution < -0.4 is 11.1 Å². The van der Waals surface area contributed by atoms with E-state index in [0.717, 1.165) is 31.4 Å². The molecule has 114 valence electrons. The van der Waals surface area contributed by atoms with Gasteiger partial charge in [0, 0.05) is 0 Å². The number of likely N-dealkylation sites (tertiary alicyclic amines) is 1. The Morgan fingerprint density at radius 3 is 2.71 bits per heavy atom. The van der Waals surface area contributed by atoms with Gasteiger partial charge in [0.1, 0.15) is 0 Å². The van der Waals surface area contributed by atoms with Crippen LogP contribution in [0.1, 0.15) is 37.8 Å². The molecule has 1 aliphatic heterocycles. The van der Waals surface area contributed by atoms with E-state index in [0.29, 0.717) is 0 Å². The zero-order chi connectivity index (χ0) is 15.2. The lowest BCUT2D eigenvalue weighted by atomic mass is 10.0. The maximum Gasteiger partial charge on any atom is 0.234 e. The predicted molar refractivity (Wildman–Crippen MR) is 81.4 cm³/mol. The minimum absolute atomic E-state index is 0.0458. The molecule has 0 radical (unpaired) electrons. The molecule has 5 heteroatoms. The molecule has 1 aliphatic rings. The highest BCUT2D eigenvalue weighted by Gasteiger charge is 2.28. The molecule has 1 saturated heterocycles. The molecule has 2 rings (SSSR count). The molecular formula is C16H23N3O2. The molecule has 0 aliphatic carbocycles. The van der Waals surface area contributed by atoms with Crippen LogP contribution >= 0.6 is 0 Å². The molecule has 0 saturated carbocycles. The fraction of sp³-hybridized carbons (Fsp3) is 0.500. The molecule has 0 aromatic heterocycles. The van der Waals surface area contributed by atoms with Crippen LogP contribution in [0, 0.1) is 0 Å². The highest BCUT2D eigenvalue weighted by molar-refractivity contribution is 5.82. The number of primary amides is 1. The standard InChI is InChI=1S/C16H23N3O2/c1-12(13-7-3-2-4-8-13)18-15(20)11-19-10-6-5-9-14(19)16(17)21/h2-4,7-8,12,14H,5-6,9-11H2,1H3,(H2,17,21)(H,18,20). The smallest absolute Gasteiger partial charge is 0.234 e. The first-order valence-electron chi connectivity index (χ1n) is 7.45. The summed E-state index contributed by atoms with van der Waals surface area (Å²) in [6.45, 7) is 2.93. The van der Waals surface area contributed by atoms with Crippen molar-refractivity contribution in [1.82, 2.24) is 10.2 Å². The summed E-state index contributed by atoms with van der Waals surface area (Å²) in [5.41, 5.74) is 6.48. The van der Waals surface area contributed by atoms with Crippen LogP contribution in [0.4, 0.5) is 0 Å². The summed E-state index contributed by atoms with van der Waals surface area (Å²) in [4.78, 5) is 25.5. The van der Waals surface area contributed by atoms with Gasteiger partial charge in [-0.3, -0.25) is 14.5 Å². The second-order valence-electron chi connectivity index (χ2n) is 5.58. The van der Waals surface area contributed by atoms with E-state index < -0.39 is 0 Å². The van der Waals surface area contributed by atoms with E-state index in [-0.39, 0.29) is 30.4 Å². The van der Waals surface area contributed by atoms with Crippen molar-refractivity contribution in [3.8, 4) is 0 Å². The summed E-state index contributed by atoms with van der Waals surface area (Å²) >= 11 is 0. The summed E-state index contributed by atoms with van der Waals surface area (Å²) in [6.07, 6.45) is 2.74. The van der Waals surface area contributed by atoms with Crippen LogP contribution in [0.5, 0.6) is 0 Å². The van der Waals surface area contributed by atoms with E-state index in [1.54, 1.807) is 0 Å². The van der Waals surface area contributed by atoms with Gasteiger partial charge in [0.05, 0.1) is 18.6 Å². The number of nitrogens with zero attached hydrogens (tertiary/aromatic N) is 1. The summed E-state index contributed by atoms with van der Waals surface area (Å²) < 4.78 is 0. The maximum atomic E-state index is 12.2. The van der Waals surface area contributed by atoms with Crippen molar-refractivity contribution >= 4 is 11.8 Å². The first kappa shape index (κ1) is 15.5. The number of carbonyl (C=O) groups excluding carboxylic acids is 2. The van der Waals surface area contributed by atoms with E-state index in [2.05, 4.69) is 5.32 Å². The van der Waals surface area contributed by atoms with E-state index in [1.807, 2.05) is 42.2 Å². The third kappa shape index (κ3) is 4.29. The zero-order valence-corrected chi connectivity index (χ0v) is 12.4. The van der Waals surface area contributed by atoms with Crippen molar-refractivity contribution in [2.24, 2.45) is 5.73 Å². The maximum absolute atomic E-state index is 12.2. The number of hydrogen-bond acceptors (Lipinski definition) is 3. The Morgan fingerprint density at radius 1 is 1.33 bits per heavy atom. The Labute approximate surface area is 125 Å². The fourth-order valence-electron chi connectivity index (χ4n) is 2.80. The summed E-state index contributed by atoms with van der Waals surface area (Å²) in [6, 6.07) is 9.46. The largest absolute Gasteiger partial charge is 0.368 e. The molecule has 21 heavy (non-hydrogen) atoms. The van der Waals surface area contributed by atoms with E-state index in [9.17, 15) is 9.59 Å². The van der Waals surface area contributed by atoms with Gasteiger partial charge in [-0.25, -0.2) is 0 Å². The highest BCUT2D eigenvalue weighted by Crippen LogP contribution is 2.17. The molecule has 1 fully saturated rings. The Morgan fingerprint density at radius 2 is 2.05 bits per heavy atom. The van der Waals surface area contributed by atoms with Gasteiger partial charge in [-0.1, -0.05) is 36.8 Å². The number of nitrogens with two attached hydrogens (primary N) is 1. The number of carbonyl (C=O) groups is 2. The van der Waals surface area contributed by atoms with Gasteiger partial charge in [0.15, 0.2) is 0 Å². The molecule has 1 aromatic carbocycles. The molecule has 1 heterocycles. The van der Waals surface area contributed by atoms with Gasteiger partial charge in [0.2, 0.25) is 11.8 Å². The monoisotopic (exact) mass is 289 g/mol. The number of rotatable bonds is 5. The zero-order valence-electron chi connectivity index (χ0n) is 12.4. The first-order valence-corrected chi connectivity index (χ1v) is 7.45. The molecule has 5 nitrogen and oxygen atoms in total. The lowest BCUT2D eigenvalue weighted by Crippen LogP contribution is -2.51. The third-order valence-corrected chi connectivity index (χ3v) is 3.97.